The van der Waals surface area contributed by atoms with Crippen LogP contribution in [-0.4, -0.2) is 33.1 Å². The van der Waals surface area contributed by atoms with E-state index in [4.69, 9.17) is 5.73 Å². The molecule has 0 saturated carbocycles. The van der Waals surface area contributed by atoms with Gasteiger partial charge in [0, 0.05) is 24.8 Å². The topological polar surface area (TPSA) is 58.4 Å². The third kappa shape index (κ3) is 3.55. The molecule has 0 radical (unpaired) electrons. The smallest absolute Gasteiger partial charge is 0.248 e. The highest BCUT2D eigenvalue weighted by molar-refractivity contribution is 5.93. The summed E-state index contributed by atoms with van der Waals surface area (Å²) in [4.78, 5) is 13.0. The van der Waals surface area contributed by atoms with Crippen LogP contribution in [-0.2, 0) is 0 Å². The third-order valence-electron chi connectivity index (χ3n) is 2.51. The molecule has 4 nitrogen and oxygen atoms in total. The Labute approximate surface area is 96.4 Å². The lowest BCUT2D eigenvalue weighted by molar-refractivity contribution is 0.100. The van der Waals surface area contributed by atoms with Crippen molar-refractivity contribution < 1.29 is 4.79 Å². The van der Waals surface area contributed by atoms with Crippen molar-refractivity contribution in [1.82, 2.24) is 5.32 Å². The second-order valence-electron chi connectivity index (χ2n) is 3.79. The van der Waals surface area contributed by atoms with Crippen molar-refractivity contribution in [3.63, 3.8) is 0 Å². The van der Waals surface area contributed by atoms with Gasteiger partial charge in [-0.25, -0.2) is 0 Å². The van der Waals surface area contributed by atoms with E-state index >= 15 is 0 Å². The fourth-order valence-corrected chi connectivity index (χ4v) is 1.50. The fraction of sp³-hybridized carbons (Fsp3) is 0.417. The van der Waals surface area contributed by atoms with Gasteiger partial charge in [-0.2, -0.15) is 0 Å². The van der Waals surface area contributed by atoms with E-state index in [1.165, 1.54) is 0 Å². The van der Waals surface area contributed by atoms with E-state index in [9.17, 15) is 4.79 Å². The Hall–Kier alpha value is -1.55. The van der Waals surface area contributed by atoms with Crippen LogP contribution in [0.1, 0.15) is 16.8 Å². The van der Waals surface area contributed by atoms with Crippen LogP contribution in [0.15, 0.2) is 24.3 Å². The third-order valence-corrected chi connectivity index (χ3v) is 2.51. The highest BCUT2D eigenvalue weighted by atomic mass is 16.1. The molecule has 0 fully saturated rings. The molecule has 0 bridgehead atoms. The van der Waals surface area contributed by atoms with E-state index in [1.807, 2.05) is 26.2 Å². The van der Waals surface area contributed by atoms with Crippen LogP contribution in [0.4, 0.5) is 5.69 Å². The van der Waals surface area contributed by atoms with E-state index < -0.39 is 0 Å². The van der Waals surface area contributed by atoms with E-state index in [1.54, 1.807) is 12.1 Å². The number of nitrogens with two attached hydrogens (primary N) is 1. The average Bonchev–Trinajstić information content (AvgIpc) is 2.29. The lowest BCUT2D eigenvalue weighted by Gasteiger charge is -2.19. The molecule has 16 heavy (non-hydrogen) atoms. The van der Waals surface area contributed by atoms with Gasteiger partial charge in [-0.3, -0.25) is 4.79 Å². The summed E-state index contributed by atoms with van der Waals surface area (Å²) in [6.07, 6.45) is 1.09. The van der Waals surface area contributed by atoms with Crippen LogP contribution in [0.3, 0.4) is 0 Å². The summed E-state index contributed by atoms with van der Waals surface area (Å²) in [5.74, 6) is -0.385. The van der Waals surface area contributed by atoms with Gasteiger partial charge in [0.15, 0.2) is 0 Å². The Morgan fingerprint density at radius 1 is 1.38 bits per heavy atom. The molecular formula is C12H19N3O. The lowest BCUT2D eigenvalue weighted by atomic mass is 10.2. The molecule has 0 spiro atoms. The molecule has 0 aliphatic carbocycles. The number of primary amides is 1. The van der Waals surface area contributed by atoms with Crippen molar-refractivity contribution in [2.45, 2.75) is 6.42 Å². The first-order valence-corrected chi connectivity index (χ1v) is 5.40. The van der Waals surface area contributed by atoms with Crippen molar-refractivity contribution in [1.29, 1.82) is 0 Å². The maximum absolute atomic E-state index is 10.9. The predicted molar refractivity (Wildman–Crippen MR) is 66.8 cm³/mol. The van der Waals surface area contributed by atoms with Crippen LogP contribution in [0.2, 0.25) is 0 Å². The minimum Gasteiger partial charge on any atom is -0.375 e. The Balaban J connectivity index is 2.56. The number of hydrogen-bond donors (Lipinski definition) is 2. The molecule has 0 unspecified atom stereocenters. The molecule has 4 heteroatoms. The first-order valence-electron chi connectivity index (χ1n) is 5.40. The maximum Gasteiger partial charge on any atom is 0.248 e. The van der Waals surface area contributed by atoms with Crippen LogP contribution in [0.25, 0.3) is 0 Å². The zero-order valence-corrected chi connectivity index (χ0v) is 9.86. The lowest BCUT2D eigenvalue weighted by Crippen LogP contribution is -2.22. The van der Waals surface area contributed by atoms with Crippen molar-refractivity contribution in [2.75, 3.05) is 32.1 Å². The monoisotopic (exact) mass is 221 g/mol. The minimum atomic E-state index is -0.385. The summed E-state index contributed by atoms with van der Waals surface area (Å²) in [6, 6.07) is 7.34. The maximum atomic E-state index is 10.9. The zero-order chi connectivity index (χ0) is 12.0. The van der Waals surface area contributed by atoms with Crippen LogP contribution < -0.4 is 16.0 Å². The van der Waals surface area contributed by atoms with E-state index in [0.29, 0.717) is 5.56 Å². The van der Waals surface area contributed by atoms with Crippen molar-refractivity contribution in [3.8, 4) is 0 Å². The summed E-state index contributed by atoms with van der Waals surface area (Å²) >= 11 is 0. The largest absolute Gasteiger partial charge is 0.375 e. The summed E-state index contributed by atoms with van der Waals surface area (Å²) in [6.45, 7) is 1.99. The van der Waals surface area contributed by atoms with Gasteiger partial charge in [0.1, 0.15) is 0 Å². The zero-order valence-electron chi connectivity index (χ0n) is 9.86. The first-order chi connectivity index (χ1) is 7.65. The fourth-order valence-electron chi connectivity index (χ4n) is 1.50. The summed E-state index contributed by atoms with van der Waals surface area (Å²) in [5.41, 5.74) is 6.82. The number of rotatable bonds is 6. The highest BCUT2D eigenvalue weighted by Crippen LogP contribution is 2.13. The SMILES string of the molecule is CNCCCN(C)c1ccc(C(N)=O)cc1. The number of anilines is 1. The van der Waals surface area contributed by atoms with Gasteiger partial charge in [-0.05, 0) is 44.3 Å². The Morgan fingerprint density at radius 3 is 2.50 bits per heavy atom. The Morgan fingerprint density at radius 2 is 2.00 bits per heavy atom. The van der Waals surface area contributed by atoms with Gasteiger partial charge < -0.3 is 16.0 Å². The minimum absolute atomic E-state index is 0.385. The summed E-state index contributed by atoms with van der Waals surface area (Å²) < 4.78 is 0. The van der Waals surface area contributed by atoms with Crippen molar-refractivity contribution >= 4 is 11.6 Å². The first kappa shape index (κ1) is 12.5. The second-order valence-corrected chi connectivity index (χ2v) is 3.79. The van der Waals surface area contributed by atoms with Gasteiger partial charge >= 0.3 is 0 Å². The van der Waals surface area contributed by atoms with Crippen LogP contribution in [0.5, 0.6) is 0 Å². The summed E-state index contributed by atoms with van der Waals surface area (Å²) in [5, 5.41) is 3.11. The van der Waals surface area contributed by atoms with Crippen LogP contribution in [0, 0.1) is 0 Å². The number of carbonyl (C=O) groups excluding carboxylic acids is 1. The standard InChI is InChI=1S/C12H19N3O/c1-14-8-3-9-15(2)11-6-4-10(5-7-11)12(13)16/h4-7,14H,3,8-9H2,1-2H3,(H2,13,16). The number of nitrogens with one attached hydrogen (secondary N) is 1. The van der Waals surface area contributed by atoms with Gasteiger partial charge in [0.2, 0.25) is 5.91 Å². The molecule has 0 saturated heterocycles. The molecule has 1 amide bonds. The molecule has 88 valence electrons. The molecule has 0 atom stereocenters. The predicted octanol–water partition coefficient (Wildman–Crippen LogP) is 0.831. The number of nitrogens with zero attached hydrogens (tertiary/aromatic N) is 1. The second kappa shape index (κ2) is 6.12. The number of benzene rings is 1. The van der Waals surface area contributed by atoms with E-state index in [0.717, 1.165) is 25.2 Å². The molecule has 0 aliphatic rings. The highest BCUT2D eigenvalue weighted by Gasteiger charge is 2.02. The normalized spacial score (nSPS) is 10.1. The molecular weight excluding hydrogens is 202 g/mol. The molecule has 0 heterocycles. The Bertz CT molecular complexity index is 335. The molecule has 1 aromatic rings. The average molecular weight is 221 g/mol. The van der Waals surface area contributed by atoms with Crippen LogP contribution >= 0.6 is 0 Å². The Kier molecular flexibility index (Phi) is 4.79. The number of carbonyl (C=O) groups is 1. The number of hydrogen-bond acceptors (Lipinski definition) is 3. The number of amides is 1. The van der Waals surface area contributed by atoms with E-state index in [-0.39, 0.29) is 5.91 Å². The molecule has 1 aromatic carbocycles. The molecule has 0 aromatic heterocycles. The van der Waals surface area contributed by atoms with Crippen molar-refractivity contribution in [3.05, 3.63) is 29.8 Å². The molecule has 3 N–H and O–H groups in total. The van der Waals surface area contributed by atoms with Gasteiger partial charge in [-0.1, -0.05) is 0 Å². The van der Waals surface area contributed by atoms with Gasteiger partial charge in [0.05, 0.1) is 0 Å². The molecule has 1 rings (SSSR count). The summed E-state index contributed by atoms with van der Waals surface area (Å²) in [7, 11) is 3.98. The van der Waals surface area contributed by atoms with Crippen molar-refractivity contribution in [2.24, 2.45) is 5.73 Å². The molecule has 0 aliphatic heterocycles. The quantitative estimate of drug-likeness (QED) is 0.700. The van der Waals surface area contributed by atoms with Gasteiger partial charge in [0.25, 0.3) is 0 Å². The van der Waals surface area contributed by atoms with Gasteiger partial charge in [-0.15, -0.1) is 0 Å². The van der Waals surface area contributed by atoms with E-state index in [2.05, 4.69) is 10.2 Å².